The van der Waals surface area contributed by atoms with E-state index in [1.54, 1.807) is 43.3 Å². The number of aryl methyl sites for hydroxylation is 1. The van der Waals surface area contributed by atoms with Crippen molar-refractivity contribution in [2.45, 2.75) is 13.8 Å². The van der Waals surface area contributed by atoms with Gasteiger partial charge in [0.1, 0.15) is 5.75 Å². The molecular weight excluding hydrogens is 268 g/mol. The first-order valence-electron chi connectivity index (χ1n) is 6.44. The maximum atomic E-state index is 11.9. The molecule has 2 amide bonds. The molecule has 0 fully saturated rings. The molecule has 21 heavy (non-hydrogen) atoms. The van der Waals surface area contributed by atoms with Crippen LogP contribution in [-0.2, 0) is 0 Å². The molecule has 0 bridgehead atoms. The van der Waals surface area contributed by atoms with Gasteiger partial charge in [0.25, 0.3) is 0 Å². The molecule has 0 saturated carbocycles. The number of urea groups is 1. The first kappa shape index (κ1) is 14.6. The van der Waals surface area contributed by atoms with Crippen LogP contribution in [0.5, 0.6) is 5.75 Å². The minimum absolute atomic E-state index is 0.0671. The van der Waals surface area contributed by atoms with E-state index in [4.69, 9.17) is 0 Å². The highest BCUT2D eigenvalue weighted by Crippen LogP contribution is 2.21. The van der Waals surface area contributed by atoms with Crippen LogP contribution in [0.25, 0.3) is 0 Å². The molecule has 0 heterocycles. The Balaban J connectivity index is 2.06. The van der Waals surface area contributed by atoms with E-state index in [9.17, 15) is 14.7 Å². The van der Waals surface area contributed by atoms with Crippen molar-refractivity contribution in [3.63, 3.8) is 0 Å². The number of nitrogens with one attached hydrogen (secondary N) is 2. The van der Waals surface area contributed by atoms with Crippen LogP contribution >= 0.6 is 0 Å². The number of carbonyl (C=O) groups excluding carboxylic acids is 2. The van der Waals surface area contributed by atoms with E-state index in [0.717, 1.165) is 5.56 Å². The van der Waals surface area contributed by atoms with Crippen LogP contribution in [0.1, 0.15) is 22.8 Å². The number of Topliss-reactive ketones (excluding diaryl/α,β-unsaturated/α-hetero) is 1. The van der Waals surface area contributed by atoms with Gasteiger partial charge in [0.15, 0.2) is 5.78 Å². The molecule has 5 heteroatoms. The molecule has 0 radical (unpaired) electrons. The summed E-state index contributed by atoms with van der Waals surface area (Å²) in [5.74, 6) is 0.0499. The number of phenols is 1. The van der Waals surface area contributed by atoms with Gasteiger partial charge in [-0.25, -0.2) is 4.79 Å². The fourth-order valence-corrected chi connectivity index (χ4v) is 1.80. The number of carbonyl (C=O) groups is 2. The summed E-state index contributed by atoms with van der Waals surface area (Å²) in [5, 5.41) is 14.8. The zero-order valence-corrected chi connectivity index (χ0v) is 11.8. The molecule has 0 aromatic heterocycles. The Morgan fingerprint density at radius 3 is 2.29 bits per heavy atom. The van der Waals surface area contributed by atoms with Crippen LogP contribution in [-0.4, -0.2) is 16.9 Å². The zero-order chi connectivity index (χ0) is 15.4. The standard InChI is InChI=1S/C16H16N2O3/c1-10-6-7-14(9-15(10)20)18-16(21)17-13-5-3-4-12(8-13)11(2)19/h3-9,20H,1-2H3,(H2,17,18,21). The highest BCUT2D eigenvalue weighted by molar-refractivity contribution is 6.01. The number of phenolic OH excluding ortho intramolecular Hbond substituents is 1. The number of hydrogen-bond donors (Lipinski definition) is 3. The second-order valence-electron chi connectivity index (χ2n) is 4.72. The number of amides is 2. The third kappa shape index (κ3) is 3.82. The number of rotatable bonds is 3. The van der Waals surface area contributed by atoms with Crippen LogP contribution in [0, 0.1) is 6.92 Å². The molecule has 0 spiro atoms. The van der Waals surface area contributed by atoms with E-state index in [0.29, 0.717) is 16.9 Å². The van der Waals surface area contributed by atoms with E-state index in [-0.39, 0.29) is 11.5 Å². The molecule has 0 aliphatic rings. The summed E-state index contributed by atoms with van der Waals surface area (Å²) >= 11 is 0. The van der Waals surface area contributed by atoms with Gasteiger partial charge in [-0.1, -0.05) is 18.2 Å². The summed E-state index contributed by atoms with van der Waals surface area (Å²) in [6, 6.07) is 11.1. The first-order valence-corrected chi connectivity index (χ1v) is 6.44. The Labute approximate surface area is 122 Å². The summed E-state index contributed by atoms with van der Waals surface area (Å²) in [4.78, 5) is 23.2. The maximum Gasteiger partial charge on any atom is 0.323 e. The third-order valence-corrected chi connectivity index (χ3v) is 2.99. The molecule has 5 nitrogen and oxygen atoms in total. The quantitative estimate of drug-likeness (QED) is 0.754. The first-order chi connectivity index (χ1) is 9.95. The third-order valence-electron chi connectivity index (χ3n) is 2.99. The SMILES string of the molecule is CC(=O)c1cccc(NC(=O)Nc2ccc(C)c(O)c2)c1. The van der Waals surface area contributed by atoms with Gasteiger partial charge in [-0.15, -0.1) is 0 Å². The Kier molecular flexibility index (Phi) is 4.23. The van der Waals surface area contributed by atoms with Crippen molar-refractivity contribution in [1.82, 2.24) is 0 Å². The van der Waals surface area contributed by atoms with Gasteiger partial charge in [0.2, 0.25) is 0 Å². The summed E-state index contributed by atoms with van der Waals surface area (Å²) in [7, 11) is 0. The van der Waals surface area contributed by atoms with Crippen molar-refractivity contribution in [3.8, 4) is 5.75 Å². The predicted molar refractivity (Wildman–Crippen MR) is 81.9 cm³/mol. The lowest BCUT2D eigenvalue weighted by Crippen LogP contribution is -2.19. The number of aromatic hydroxyl groups is 1. The average Bonchev–Trinajstić information content (AvgIpc) is 2.43. The molecule has 0 saturated heterocycles. The van der Waals surface area contributed by atoms with Crippen molar-refractivity contribution in [1.29, 1.82) is 0 Å². The molecule has 3 N–H and O–H groups in total. The van der Waals surface area contributed by atoms with Gasteiger partial charge < -0.3 is 15.7 Å². The van der Waals surface area contributed by atoms with Crippen molar-refractivity contribution >= 4 is 23.2 Å². The van der Waals surface area contributed by atoms with Gasteiger partial charge in [-0.05, 0) is 37.6 Å². The second kappa shape index (κ2) is 6.09. The Morgan fingerprint density at radius 1 is 1.00 bits per heavy atom. The highest BCUT2D eigenvalue weighted by Gasteiger charge is 2.06. The molecule has 2 aromatic rings. The summed E-state index contributed by atoms with van der Waals surface area (Å²) in [5.41, 5.74) is 2.27. The van der Waals surface area contributed by atoms with Crippen molar-refractivity contribution in [2.24, 2.45) is 0 Å². The lowest BCUT2D eigenvalue weighted by molar-refractivity contribution is 0.101. The van der Waals surface area contributed by atoms with E-state index in [1.807, 2.05) is 0 Å². The summed E-state index contributed by atoms with van der Waals surface area (Å²) in [6.45, 7) is 3.24. The van der Waals surface area contributed by atoms with Crippen LogP contribution < -0.4 is 10.6 Å². The summed E-state index contributed by atoms with van der Waals surface area (Å²) in [6.07, 6.45) is 0. The minimum atomic E-state index is -0.445. The number of anilines is 2. The molecule has 108 valence electrons. The normalized spacial score (nSPS) is 10.0. The monoisotopic (exact) mass is 284 g/mol. The second-order valence-corrected chi connectivity index (χ2v) is 4.72. The molecule has 0 aliphatic heterocycles. The van der Waals surface area contributed by atoms with Gasteiger partial charge >= 0.3 is 6.03 Å². The van der Waals surface area contributed by atoms with Crippen molar-refractivity contribution in [2.75, 3.05) is 10.6 Å². The smallest absolute Gasteiger partial charge is 0.323 e. The lowest BCUT2D eigenvalue weighted by Gasteiger charge is -2.09. The Morgan fingerprint density at radius 2 is 1.67 bits per heavy atom. The van der Waals surface area contributed by atoms with E-state index in [2.05, 4.69) is 10.6 Å². The Hall–Kier alpha value is -2.82. The number of ketones is 1. The minimum Gasteiger partial charge on any atom is -0.508 e. The van der Waals surface area contributed by atoms with E-state index >= 15 is 0 Å². The average molecular weight is 284 g/mol. The zero-order valence-electron chi connectivity index (χ0n) is 11.8. The van der Waals surface area contributed by atoms with E-state index < -0.39 is 6.03 Å². The number of benzene rings is 2. The summed E-state index contributed by atoms with van der Waals surface area (Å²) < 4.78 is 0. The molecule has 0 unspecified atom stereocenters. The molecule has 0 aliphatic carbocycles. The largest absolute Gasteiger partial charge is 0.508 e. The number of hydrogen-bond acceptors (Lipinski definition) is 3. The van der Waals surface area contributed by atoms with Gasteiger partial charge in [0, 0.05) is 23.0 Å². The highest BCUT2D eigenvalue weighted by atomic mass is 16.3. The maximum absolute atomic E-state index is 11.9. The lowest BCUT2D eigenvalue weighted by atomic mass is 10.1. The fourth-order valence-electron chi connectivity index (χ4n) is 1.80. The van der Waals surface area contributed by atoms with Crippen molar-refractivity contribution < 1.29 is 14.7 Å². The topological polar surface area (TPSA) is 78.4 Å². The fraction of sp³-hybridized carbons (Fsp3) is 0.125. The molecular formula is C16H16N2O3. The predicted octanol–water partition coefficient (Wildman–Crippen LogP) is 3.55. The molecule has 2 rings (SSSR count). The van der Waals surface area contributed by atoms with Gasteiger partial charge in [0.05, 0.1) is 0 Å². The van der Waals surface area contributed by atoms with Crippen molar-refractivity contribution in [3.05, 3.63) is 53.6 Å². The Bertz CT molecular complexity index is 696. The van der Waals surface area contributed by atoms with E-state index in [1.165, 1.54) is 13.0 Å². The van der Waals surface area contributed by atoms with Crippen LogP contribution in [0.3, 0.4) is 0 Å². The van der Waals surface area contributed by atoms with Crippen LogP contribution in [0.4, 0.5) is 16.2 Å². The molecule has 2 aromatic carbocycles. The van der Waals surface area contributed by atoms with Crippen LogP contribution in [0.2, 0.25) is 0 Å². The van der Waals surface area contributed by atoms with Gasteiger partial charge in [-0.2, -0.15) is 0 Å². The molecule has 0 atom stereocenters. The van der Waals surface area contributed by atoms with Crippen LogP contribution in [0.15, 0.2) is 42.5 Å². The van der Waals surface area contributed by atoms with Gasteiger partial charge in [-0.3, -0.25) is 4.79 Å².